The third-order valence-corrected chi connectivity index (χ3v) is 2.53. The third kappa shape index (κ3) is 0.983. The highest BCUT2D eigenvalue weighted by molar-refractivity contribution is 4.93. The van der Waals surface area contributed by atoms with Gasteiger partial charge in [0.15, 0.2) is 0 Å². The fraction of sp³-hybridized carbons (Fsp3) is 0.875. The van der Waals surface area contributed by atoms with E-state index in [0.29, 0.717) is 0 Å². The second kappa shape index (κ2) is 2.30. The van der Waals surface area contributed by atoms with Crippen molar-refractivity contribution in [2.75, 3.05) is 13.1 Å². The predicted octanol–water partition coefficient (Wildman–Crippen LogP) is 1.45. The Morgan fingerprint density at radius 3 is 2.22 bits per heavy atom. The van der Waals surface area contributed by atoms with E-state index in [-0.39, 0.29) is 0 Å². The van der Waals surface area contributed by atoms with Crippen molar-refractivity contribution in [2.24, 2.45) is 0 Å². The van der Waals surface area contributed by atoms with Crippen molar-refractivity contribution in [3.63, 3.8) is 0 Å². The molecule has 0 spiro atoms. The molecule has 1 saturated heterocycles. The van der Waals surface area contributed by atoms with Gasteiger partial charge >= 0.3 is 0 Å². The SMILES string of the molecule is [CH]1CC(N2CCCC2)C1. The summed E-state index contributed by atoms with van der Waals surface area (Å²) >= 11 is 0. The monoisotopic (exact) mass is 124 g/mol. The fourth-order valence-corrected chi connectivity index (χ4v) is 1.72. The highest BCUT2D eigenvalue weighted by Gasteiger charge is 2.26. The third-order valence-electron chi connectivity index (χ3n) is 2.53. The summed E-state index contributed by atoms with van der Waals surface area (Å²) in [4.78, 5) is 2.64. The van der Waals surface area contributed by atoms with Gasteiger partial charge in [-0.25, -0.2) is 0 Å². The molecule has 51 valence electrons. The molecule has 2 aliphatic rings. The van der Waals surface area contributed by atoms with Crippen LogP contribution in [0.3, 0.4) is 0 Å². The van der Waals surface area contributed by atoms with Gasteiger partial charge in [-0.15, -0.1) is 0 Å². The smallest absolute Gasteiger partial charge is 0.0101 e. The normalized spacial score (nSPS) is 30.7. The van der Waals surface area contributed by atoms with Crippen LogP contribution in [-0.2, 0) is 0 Å². The van der Waals surface area contributed by atoms with Crippen LogP contribution < -0.4 is 0 Å². The molecular weight excluding hydrogens is 110 g/mol. The first-order chi connectivity index (χ1) is 4.47. The molecule has 1 aliphatic heterocycles. The minimum absolute atomic E-state index is 0.951. The van der Waals surface area contributed by atoms with Crippen LogP contribution in [0.1, 0.15) is 25.7 Å². The fourth-order valence-electron chi connectivity index (χ4n) is 1.72. The number of rotatable bonds is 1. The lowest BCUT2D eigenvalue weighted by molar-refractivity contribution is 0.197. The van der Waals surface area contributed by atoms with E-state index in [0.717, 1.165) is 6.04 Å². The maximum Gasteiger partial charge on any atom is 0.0101 e. The Kier molecular flexibility index (Phi) is 1.46. The number of hydrogen-bond donors (Lipinski definition) is 0. The van der Waals surface area contributed by atoms with Crippen LogP contribution in [-0.4, -0.2) is 24.0 Å². The minimum atomic E-state index is 0.951. The quantitative estimate of drug-likeness (QED) is 0.511. The standard InChI is InChI=1S/C8H14N/c1-2-7-9(6-1)8-4-3-5-8/h3,8H,1-2,4-7H2. The minimum Gasteiger partial charge on any atom is -0.300 e. The van der Waals surface area contributed by atoms with Gasteiger partial charge in [-0.3, -0.25) is 0 Å². The summed E-state index contributed by atoms with van der Waals surface area (Å²) in [5.74, 6) is 0. The molecule has 0 N–H and O–H groups in total. The average molecular weight is 124 g/mol. The Labute approximate surface area is 57.0 Å². The van der Waals surface area contributed by atoms with E-state index in [1.54, 1.807) is 0 Å². The Hall–Kier alpha value is -0.0400. The first-order valence-electron chi connectivity index (χ1n) is 4.02. The van der Waals surface area contributed by atoms with Crippen LogP contribution in [0, 0.1) is 6.42 Å². The predicted molar refractivity (Wildman–Crippen MR) is 38.1 cm³/mol. The van der Waals surface area contributed by atoms with Crippen LogP contribution >= 0.6 is 0 Å². The molecule has 0 aromatic carbocycles. The van der Waals surface area contributed by atoms with E-state index in [2.05, 4.69) is 11.3 Å². The van der Waals surface area contributed by atoms with E-state index in [1.807, 2.05) is 0 Å². The first-order valence-corrected chi connectivity index (χ1v) is 4.02. The summed E-state index contributed by atoms with van der Waals surface area (Å²) < 4.78 is 0. The summed E-state index contributed by atoms with van der Waals surface area (Å²) in [5.41, 5.74) is 0. The maximum absolute atomic E-state index is 2.64. The van der Waals surface area contributed by atoms with E-state index in [9.17, 15) is 0 Å². The second-order valence-electron chi connectivity index (χ2n) is 3.16. The highest BCUT2D eigenvalue weighted by Crippen LogP contribution is 2.26. The van der Waals surface area contributed by atoms with Gasteiger partial charge in [0.05, 0.1) is 0 Å². The summed E-state index contributed by atoms with van der Waals surface area (Å²) in [6.45, 7) is 2.75. The first kappa shape index (κ1) is 5.72. The topological polar surface area (TPSA) is 3.24 Å². The van der Waals surface area contributed by atoms with Gasteiger partial charge in [0.1, 0.15) is 0 Å². The molecule has 1 nitrogen and oxygen atoms in total. The molecule has 1 saturated carbocycles. The summed E-state index contributed by atoms with van der Waals surface area (Å²) in [5, 5.41) is 0. The van der Waals surface area contributed by atoms with Gasteiger partial charge in [-0.05, 0) is 45.2 Å². The largest absolute Gasteiger partial charge is 0.300 e. The summed E-state index contributed by atoms with van der Waals surface area (Å²) in [6, 6.07) is 0.951. The molecule has 0 bridgehead atoms. The number of nitrogens with zero attached hydrogens (tertiary/aromatic N) is 1. The lowest BCUT2D eigenvalue weighted by atomic mass is 9.92. The molecule has 0 aromatic heterocycles. The van der Waals surface area contributed by atoms with Crippen LogP contribution in [0.5, 0.6) is 0 Å². The van der Waals surface area contributed by atoms with E-state index >= 15 is 0 Å². The Morgan fingerprint density at radius 1 is 1.11 bits per heavy atom. The molecule has 2 fully saturated rings. The number of likely N-dealkylation sites (tertiary alicyclic amines) is 1. The molecule has 1 heteroatoms. The zero-order chi connectivity index (χ0) is 6.10. The van der Waals surface area contributed by atoms with Crippen molar-refractivity contribution in [3.05, 3.63) is 6.42 Å². The van der Waals surface area contributed by atoms with Crippen molar-refractivity contribution in [3.8, 4) is 0 Å². The average Bonchev–Trinajstić information content (AvgIpc) is 2.11. The maximum atomic E-state index is 2.64. The molecule has 0 amide bonds. The summed E-state index contributed by atoms with van der Waals surface area (Å²) in [7, 11) is 0. The van der Waals surface area contributed by atoms with Crippen LogP contribution in [0.4, 0.5) is 0 Å². The van der Waals surface area contributed by atoms with Gasteiger partial charge in [0.2, 0.25) is 0 Å². The van der Waals surface area contributed by atoms with Crippen molar-refractivity contribution < 1.29 is 0 Å². The van der Waals surface area contributed by atoms with Crippen LogP contribution in [0.2, 0.25) is 0 Å². The summed E-state index contributed by atoms with van der Waals surface area (Å²) in [6.07, 6.45) is 8.00. The highest BCUT2D eigenvalue weighted by atomic mass is 15.2. The van der Waals surface area contributed by atoms with Crippen molar-refractivity contribution in [1.29, 1.82) is 0 Å². The molecule has 1 heterocycles. The van der Waals surface area contributed by atoms with Crippen molar-refractivity contribution >= 4 is 0 Å². The van der Waals surface area contributed by atoms with Crippen LogP contribution in [0.25, 0.3) is 0 Å². The van der Waals surface area contributed by atoms with Gasteiger partial charge in [-0.1, -0.05) is 0 Å². The molecule has 0 atom stereocenters. The lowest BCUT2D eigenvalue weighted by Gasteiger charge is -2.34. The lowest BCUT2D eigenvalue weighted by Crippen LogP contribution is -2.38. The van der Waals surface area contributed by atoms with Gasteiger partial charge in [0.25, 0.3) is 0 Å². The van der Waals surface area contributed by atoms with Crippen molar-refractivity contribution in [1.82, 2.24) is 4.90 Å². The Bertz CT molecular complexity index is 90.7. The molecule has 0 aromatic rings. The second-order valence-corrected chi connectivity index (χ2v) is 3.16. The van der Waals surface area contributed by atoms with Crippen molar-refractivity contribution in [2.45, 2.75) is 31.7 Å². The molecular formula is C8H14N. The van der Waals surface area contributed by atoms with E-state index in [1.165, 1.54) is 38.8 Å². The molecule has 1 aliphatic carbocycles. The number of hydrogen-bond acceptors (Lipinski definition) is 1. The molecule has 0 unspecified atom stereocenters. The zero-order valence-electron chi connectivity index (χ0n) is 5.84. The van der Waals surface area contributed by atoms with Gasteiger partial charge in [0, 0.05) is 6.04 Å². The van der Waals surface area contributed by atoms with Gasteiger partial charge in [-0.2, -0.15) is 0 Å². The molecule has 1 radical (unpaired) electrons. The Balaban J connectivity index is 1.82. The van der Waals surface area contributed by atoms with Gasteiger partial charge < -0.3 is 4.90 Å². The van der Waals surface area contributed by atoms with E-state index < -0.39 is 0 Å². The van der Waals surface area contributed by atoms with E-state index in [4.69, 9.17) is 0 Å². The zero-order valence-corrected chi connectivity index (χ0v) is 5.84. The molecule has 9 heavy (non-hydrogen) atoms. The molecule has 2 rings (SSSR count). The van der Waals surface area contributed by atoms with Crippen LogP contribution in [0.15, 0.2) is 0 Å². The Morgan fingerprint density at radius 2 is 1.78 bits per heavy atom.